The molecule has 0 aliphatic rings. The second kappa shape index (κ2) is 8.88. The molecule has 3 N–H and O–H groups in total. The number of aliphatic imine (C=N–C) groups is 1. The zero-order chi connectivity index (χ0) is 11.5. The first-order chi connectivity index (χ1) is 7.24. The van der Waals surface area contributed by atoms with Gasteiger partial charge in [-0.05, 0) is 13.8 Å². The van der Waals surface area contributed by atoms with Crippen molar-refractivity contribution < 1.29 is 4.79 Å². The van der Waals surface area contributed by atoms with E-state index in [4.69, 9.17) is 6.42 Å². The molecular formula is C10H18N4O. The molecule has 0 rings (SSSR count). The molecule has 0 bridgehead atoms. The number of nitrogens with zero attached hydrogens (tertiary/aromatic N) is 1. The van der Waals surface area contributed by atoms with Crippen LogP contribution in [0.3, 0.4) is 0 Å². The average molecular weight is 210 g/mol. The van der Waals surface area contributed by atoms with E-state index in [0.29, 0.717) is 5.96 Å². The van der Waals surface area contributed by atoms with Crippen molar-refractivity contribution >= 4 is 11.9 Å². The fraction of sp³-hybridized carbons (Fsp3) is 0.600. The first-order valence-corrected chi connectivity index (χ1v) is 4.96. The van der Waals surface area contributed by atoms with E-state index >= 15 is 0 Å². The number of hydrogen-bond acceptors (Lipinski definition) is 2. The molecule has 0 atom stereocenters. The molecule has 84 valence electrons. The molecule has 0 spiro atoms. The number of terminal acetylenes is 1. The van der Waals surface area contributed by atoms with E-state index in [0.717, 1.165) is 13.1 Å². The molecule has 0 saturated heterocycles. The van der Waals surface area contributed by atoms with Gasteiger partial charge in [-0.1, -0.05) is 5.92 Å². The molecule has 0 aromatic rings. The molecule has 0 heterocycles. The van der Waals surface area contributed by atoms with Gasteiger partial charge in [0.05, 0.1) is 6.54 Å². The van der Waals surface area contributed by atoms with Gasteiger partial charge in [-0.25, -0.2) is 4.99 Å². The molecule has 0 aliphatic heterocycles. The van der Waals surface area contributed by atoms with Crippen LogP contribution in [-0.2, 0) is 4.79 Å². The van der Waals surface area contributed by atoms with Gasteiger partial charge in [-0.3, -0.25) is 4.79 Å². The monoisotopic (exact) mass is 210 g/mol. The maximum absolute atomic E-state index is 11.1. The summed E-state index contributed by atoms with van der Waals surface area (Å²) in [5, 5.41) is 8.56. The molecule has 0 radical (unpaired) electrons. The van der Waals surface area contributed by atoms with Crippen molar-refractivity contribution in [2.45, 2.75) is 13.8 Å². The minimum Gasteiger partial charge on any atom is -0.357 e. The zero-order valence-electron chi connectivity index (χ0n) is 9.26. The SMILES string of the molecule is C#CCNC(=O)CN=C(NCC)NCC. The van der Waals surface area contributed by atoms with Crippen molar-refractivity contribution in [3.05, 3.63) is 0 Å². The topological polar surface area (TPSA) is 65.5 Å². The summed E-state index contributed by atoms with van der Waals surface area (Å²) in [7, 11) is 0. The molecule has 0 unspecified atom stereocenters. The van der Waals surface area contributed by atoms with Crippen molar-refractivity contribution in [2.24, 2.45) is 4.99 Å². The summed E-state index contributed by atoms with van der Waals surface area (Å²) in [6.07, 6.45) is 5.00. The Kier molecular flexibility index (Phi) is 7.87. The first kappa shape index (κ1) is 13.3. The molecule has 0 aromatic heterocycles. The number of rotatable bonds is 5. The Morgan fingerprint density at radius 2 is 1.87 bits per heavy atom. The van der Waals surface area contributed by atoms with Crippen molar-refractivity contribution in [3.63, 3.8) is 0 Å². The van der Waals surface area contributed by atoms with Gasteiger partial charge in [0, 0.05) is 13.1 Å². The Morgan fingerprint density at radius 3 is 2.33 bits per heavy atom. The maximum atomic E-state index is 11.1. The summed E-state index contributed by atoms with van der Waals surface area (Å²) < 4.78 is 0. The van der Waals surface area contributed by atoms with Crippen LogP contribution >= 0.6 is 0 Å². The Hall–Kier alpha value is -1.70. The van der Waals surface area contributed by atoms with Gasteiger partial charge in [0.1, 0.15) is 6.54 Å². The summed E-state index contributed by atoms with van der Waals surface area (Å²) in [5.74, 6) is 2.78. The number of amides is 1. The van der Waals surface area contributed by atoms with Gasteiger partial charge in [0.15, 0.2) is 5.96 Å². The van der Waals surface area contributed by atoms with Gasteiger partial charge in [0.25, 0.3) is 0 Å². The van der Waals surface area contributed by atoms with Crippen LogP contribution < -0.4 is 16.0 Å². The van der Waals surface area contributed by atoms with Crippen molar-refractivity contribution in [3.8, 4) is 12.3 Å². The minimum atomic E-state index is -0.179. The van der Waals surface area contributed by atoms with Gasteiger partial charge in [0.2, 0.25) is 5.91 Å². The highest BCUT2D eigenvalue weighted by Gasteiger charge is 1.99. The van der Waals surface area contributed by atoms with Gasteiger partial charge in [-0.15, -0.1) is 6.42 Å². The maximum Gasteiger partial charge on any atom is 0.242 e. The fourth-order valence-electron chi connectivity index (χ4n) is 0.866. The van der Waals surface area contributed by atoms with Gasteiger partial charge >= 0.3 is 0 Å². The Labute approximate surface area is 90.7 Å². The number of carbonyl (C=O) groups is 1. The van der Waals surface area contributed by atoms with Crippen LogP contribution in [-0.4, -0.2) is 38.0 Å². The largest absolute Gasteiger partial charge is 0.357 e. The molecular weight excluding hydrogens is 192 g/mol. The smallest absolute Gasteiger partial charge is 0.242 e. The predicted octanol–water partition coefficient (Wildman–Crippen LogP) is -0.689. The van der Waals surface area contributed by atoms with Crippen molar-refractivity contribution in [1.82, 2.24) is 16.0 Å². The predicted molar refractivity (Wildman–Crippen MR) is 61.5 cm³/mol. The fourth-order valence-corrected chi connectivity index (χ4v) is 0.866. The third-order valence-corrected chi connectivity index (χ3v) is 1.46. The number of guanidine groups is 1. The van der Waals surface area contributed by atoms with Crippen LogP contribution in [0.5, 0.6) is 0 Å². The van der Waals surface area contributed by atoms with Crippen LogP contribution in [0.4, 0.5) is 0 Å². The van der Waals surface area contributed by atoms with E-state index in [1.807, 2.05) is 13.8 Å². The number of carbonyl (C=O) groups excluding carboxylic acids is 1. The van der Waals surface area contributed by atoms with Crippen LogP contribution in [0.15, 0.2) is 4.99 Å². The molecule has 0 fully saturated rings. The summed E-state index contributed by atoms with van der Waals surface area (Å²) >= 11 is 0. The molecule has 1 amide bonds. The Balaban J connectivity index is 3.97. The highest BCUT2D eigenvalue weighted by atomic mass is 16.1. The van der Waals surface area contributed by atoms with Crippen molar-refractivity contribution in [1.29, 1.82) is 0 Å². The molecule has 0 aromatic carbocycles. The third kappa shape index (κ3) is 7.38. The molecule has 5 nitrogen and oxygen atoms in total. The highest BCUT2D eigenvalue weighted by Crippen LogP contribution is 1.74. The quantitative estimate of drug-likeness (QED) is 0.320. The lowest BCUT2D eigenvalue weighted by molar-refractivity contribution is -0.119. The summed E-state index contributed by atoms with van der Waals surface area (Å²) in [6.45, 7) is 5.77. The van der Waals surface area contributed by atoms with Crippen LogP contribution in [0.2, 0.25) is 0 Å². The van der Waals surface area contributed by atoms with Crippen LogP contribution in [0.1, 0.15) is 13.8 Å². The van der Waals surface area contributed by atoms with E-state index in [9.17, 15) is 4.79 Å². The van der Waals surface area contributed by atoms with E-state index in [-0.39, 0.29) is 19.0 Å². The normalized spacial score (nSPS) is 8.60. The second-order valence-electron chi connectivity index (χ2n) is 2.71. The van der Waals surface area contributed by atoms with Gasteiger partial charge in [-0.2, -0.15) is 0 Å². The molecule has 5 heteroatoms. The summed E-state index contributed by atoms with van der Waals surface area (Å²) in [6, 6.07) is 0. The zero-order valence-corrected chi connectivity index (χ0v) is 9.26. The van der Waals surface area contributed by atoms with Crippen molar-refractivity contribution in [2.75, 3.05) is 26.2 Å². The van der Waals surface area contributed by atoms with E-state index in [2.05, 4.69) is 26.9 Å². The average Bonchev–Trinajstić information content (AvgIpc) is 2.23. The summed E-state index contributed by atoms with van der Waals surface area (Å²) in [5.41, 5.74) is 0. The van der Waals surface area contributed by atoms with E-state index in [1.54, 1.807) is 0 Å². The van der Waals surface area contributed by atoms with Crippen LogP contribution in [0, 0.1) is 12.3 Å². The molecule has 0 saturated carbocycles. The standard InChI is InChI=1S/C10H18N4O/c1-4-7-13-9(15)8-14-10(11-5-2)12-6-3/h1H,5-8H2,2-3H3,(H,13,15)(H2,11,12,14). The van der Waals surface area contributed by atoms with Gasteiger partial charge < -0.3 is 16.0 Å². The van der Waals surface area contributed by atoms with E-state index < -0.39 is 0 Å². The molecule has 0 aliphatic carbocycles. The van der Waals surface area contributed by atoms with Crippen LogP contribution in [0.25, 0.3) is 0 Å². The lowest BCUT2D eigenvalue weighted by atomic mass is 10.5. The lowest BCUT2D eigenvalue weighted by Gasteiger charge is -2.08. The second-order valence-corrected chi connectivity index (χ2v) is 2.71. The summed E-state index contributed by atoms with van der Waals surface area (Å²) in [4.78, 5) is 15.2. The highest BCUT2D eigenvalue weighted by molar-refractivity contribution is 5.84. The number of nitrogens with one attached hydrogen (secondary N) is 3. The molecule has 15 heavy (non-hydrogen) atoms. The van der Waals surface area contributed by atoms with E-state index in [1.165, 1.54) is 0 Å². The third-order valence-electron chi connectivity index (χ3n) is 1.46. The first-order valence-electron chi connectivity index (χ1n) is 4.96. The Morgan fingerprint density at radius 1 is 1.27 bits per heavy atom. The number of hydrogen-bond donors (Lipinski definition) is 3. The minimum absolute atomic E-state index is 0.0804. The Bertz CT molecular complexity index is 247. The lowest BCUT2D eigenvalue weighted by Crippen LogP contribution is -2.38.